The molecule has 2 aromatic carbocycles. The molecule has 8 nitrogen and oxygen atoms in total. The van der Waals surface area contributed by atoms with Crippen LogP contribution in [0.4, 0.5) is 5.69 Å². The normalized spacial score (nSPS) is 15.5. The number of aryl methyl sites for hydroxylation is 2. The van der Waals surface area contributed by atoms with E-state index >= 15 is 0 Å². The monoisotopic (exact) mass is 443 g/mol. The fraction of sp³-hybridized carbons (Fsp3) is 0.273. The molecule has 0 aliphatic carbocycles. The number of esters is 1. The number of benzene rings is 2. The van der Waals surface area contributed by atoms with Crippen LogP contribution in [0.2, 0.25) is 5.02 Å². The Balaban J connectivity index is 1.49. The minimum absolute atomic E-state index is 0.0233. The molecule has 0 aromatic heterocycles. The Labute approximate surface area is 184 Å². The van der Waals surface area contributed by atoms with Crippen LogP contribution in [0.1, 0.15) is 27.9 Å². The maximum Gasteiger partial charge on any atom is 0.311 e. The van der Waals surface area contributed by atoms with Gasteiger partial charge in [-0.2, -0.15) is 0 Å². The Bertz CT molecular complexity index is 1040. The quantitative estimate of drug-likeness (QED) is 0.668. The van der Waals surface area contributed by atoms with Gasteiger partial charge in [0.15, 0.2) is 6.61 Å². The van der Waals surface area contributed by atoms with Crippen molar-refractivity contribution in [2.75, 3.05) is 18.5 Å². The molecular weight excluding hydrogens is 422 g/mol. The molecule has 31 heavy (non-hydrogen) atoms. The summed E-state index contributed by atoms with van der Waals surface area (Å²) in [6.07, 6.45) is -0.109. The Kier molecular flexibility index (Phi) is 6.91. The average Bonchev–Trinajstić information content (AvgIpc) is 3.09. The standard InChI is InChI=1S/C22H22ClN3O5/c1-13-5-3-4-6-17(13)21(29)25-26-11-15(9-20(26)28)22(30)31-12-19(27)24-16-8-7-14(2)18(23)10-16/h3-8,10,15H,9,11-12H2,1-2H3,(H,24,27)(H,25,29)/t15-/m1/s1. The van der Waals surface area contributed by atoms with Crippen molar-refractivity contribution in [3.63, 3.8) is 0 Å². The predicted molar refractivity (Wildman–Crippen MR) is 114 cm³/mol. The van der Waals surface area contributed by atoms with Gasteiger partial charge in [0.1, 0.15) is 0 Å². The largest absolute Gasteiger partial charge is 0.455 e. The van der Waals surface area contributed by atoms with Crippen LogP contribution in [0, 0.1) is 19.8 Å². The molecule has 0 bridgehead atoms. The van der Waals surface area contributed by atoms with Crippen LogP contribution in [-0.2, 0) is 19.1 Å². The second-order valence-electron chi connectivity index (χ2n) is 7.28. The number of carbonyl (C=O) groups excluding carboxylic acids is 4. The van der Waals surface area contributed by atoms with Crippen molar-refractivity contribution in [1.82, 2.24) is 10.4 Å². The topological polar surface area (TPSA) is 105 Å². The average molecular weight is 444 g/mol. The zero-order valence-corrected chi connectivity index (χ0v) is 17.9. The highest BCUT2D eigenvalue weighted by atomic mass is 35.5. The van der Waals surface area contributed by atoms with Gasteiger partial charge in [-0.15, -0.1) is 0 Å². The maximum atomic E-state index is 12.4. The number of rotatable bonds is 6. The molecule has 0 saturated carbocycles. The van der Waals surface area contributed by atoms with Crippen LogP contribution in [-0.4, -0.2) is 41.9 Å². The molecule has 0 spiro atoms. The summed E-state index contributed by atoms with van der Waals surface area (Å²) in [5.74, 6) is -2.81. The number of nitrogens with zero attached hydrogens (tertiary/aromatic N) is 1. The van der Waals surface area contributed by atoms with E-state index in [2.05, 4.69) is 10.7 Å². The van der Waals surface area contributed by atoms with Gasteiger partial charge in [-0.3, -0.25) is 29.6 Å². The van der Waals surface area contributed by atoms with Crippen LogP contribution < -0.4 is 10.7 Å². The van der Waals surface area contributed by atoms with Crippen LogP contribution in [0.25, 0.3) is 0 Å². The summed E-state index contributed by atoms with van der Waals surface area (Å²) in [5.41, 5.74) is 5.08. The van der Waals surface area contributed by atoms with Crippen molar-refractivity contribution in [1.29, 1.82) is 0 Å². The molecule has 2 aromatic rings. The summed E-state index contributed by atoms with van der Waals surface area (Å²) in [6.45, 7) is 3.11. The fourth-order valence-electron chi connectivity index (χ4n) is 3.11. The molecular formula is C22H22ClN3O5. The molecule has 1 saturated heterocycles. The number of hydrazine groups is 1. The second-order valence-corrected chi connectivity index (χ2v) is 7.69. The molecule has 1 fully saturated rings. The van der Waals surface area contributed by atoms with Crippen LogP contribution in [0.15, 0.2) is 42.5 Å². The highest BCUT2D eigenvalue weighted by molar-refractivity contribution is 6.31. The van der Waals surface area contributed by atoms with E-state index < -0.39 is 36.2 Å². The highest BCUT2D eigenvalue weighted by Crippen LogP contribution is 2.20. The number of halogens is 1. The van der Waals surface area contributed by atoms with Gasteiger partial charge in [0.2, 0.25) is 5.91 Å². The van der Waals surface area contributed by atoms with Gasteiger partial charge < -0.3 is 10.1 Å². The molecule has 1 aliphatic rings. The lowest BCUT2D eigenvalue weighted by molar-refractivity contribution is -0.151. The lowest BCUT2D eigenvalue weighted by Crippen LogP contribution is -2.43. The first kappa shape index (κ1) is 22.3. The Morgan fingerprint density at radius 1 is 1.13 bits per heavy atom. The summed E-state index contributed by atoms with van der Waals surface area (Å²) < 4.78 is 5.04. The van der Waals surface area contributed by atoms with Gasteiger partial charge in [-0.25, -0.2) is 0 Å². The third-order valence-electron chi connectivity index (χ3n) is 4.89. The molecule has 1 heterocycles. The van der Waals surface area contributed by atoms with Gasteiger partial charge in [0.05, 0.1) is 12.5 Å². The molecule has 3 amide bonds. The maximum absolute atomic E-state index is 12.4. The van der Waals surface area contributed by atoms with Crippen molar-refractivity contribution >= 4 is 41.0 Å². The van der Waals surface area contributed by atoms with Gasteiger partial charge in [0.25, 0.3) is 11.8 Å². The van der Waals surface area contributed by atoms with Crippen LogP contribution >= 0.6 is 11.6 Å². The van der Waals surface area contributed by atoms with E-state index in [-0.39, 0.29) is 13.0 Å². The van der Waals surface area contributed by atoms with E-state index in [1.165, 1.54) is 0 Å². The predicted octanol–water partition coefficient (Wildman–Crippen LogP) is 2.63. The van der Waals surface area contributed by atoms with Crippen molar-refractivity contribution in [3.8, 4) is 0 Å². The fourth-order valence-corrected chi connectivity index (χ4v) is 3.29. The van der Waals surface area contributed by atoms with Crippen molar-refractivity contribution in [2.24, 2.45) is 5.92 Å². The summed E-state index contributed by atoms with van der Waals surface area (Å²) >= 11 is 6.02. The summed E-state index contributed by atoms with van der Waals surface area (Å²) in [6, 6.07) is 12.0. The third kappa shape index (κ3) is 5.61. The van der Waals surface area contributed by atoms with Gasteiger partial charge in [0, 0.05) is 22.7 Å². The molecule has 162 valence electrons. The highest BCUT2D eigenvalue weighted by Gasteiger charge is 2.36. The van der Waals surface area contributed by atoms with Crippen molar-refractivity contribution in [2.45, 2.75) is 20.3 Å². The van der Waals surface area contributed by atoms with E-state index in [0.717, 1.165) is 16.1 Å². The Hall–Kier alpha value is -3.39. The number of anilines is 1. The lowest BCUT2D eigenvalue weighted by atomic mass is 10.1. The number of ether oxygens (including phenoxy) is 1. The number of carbonyl (C=O) groups is 4. The van der Waals surface area contributed by atoms with E-state index in [1.807, 2.05) is 13.0 Å². The zero-order chi connectivity index (χ0) is 22.5. The molecule has 1 atom stereocenters. The van der Waals surface area contributed by atoms with Crippen molar-refractivity contribution in [3.05, 3.63) is 64.2 Å². The summed E-state index contributed by atoms with van der Waals surface area (Å²) in [7, 11) is 0. The first-order chi connectivity index (χ1) is 14.7. The van der Waals surface area contributed by atoms with Crippen LogP contribution in [0.3, 0.4) is 0 Å². The van der Waals surface area contributed by atoms with E-state index in [1.54, 1.807) is 43.3 Å². The number of hydrogen-bond donors (Lipinski definition) is 2. The number of nitrogens with one attached hydrogen (secondary N) is 2. The molecule has 0 radical (unpaired) electrons. The van der Waals surface area contributed by atoms with E-state index in [0.29, 0.717) is 16.3 Å². The Morgan fingerprint density at radius 3 is 2.58 bits per heavy atom. The van der Waals surface area contributed by atoms with Crippen molar-refractivity contribution < 1.29 is 23.9 Å². The van der Waals surface area contributed by atoms with E-state index in [4.69, 9.17) is 16.3 Å². The minimum atomic E-state index is -0.772. The number of hydrogen-bond acceptors (Lipinski definition) is 5. The molecule has 0 unspecified atom stereocenters. The summed E-state index contributed by atoms with van der Waals surface area (Å²) in [5, 5.41) is 4.20. The van der Waals surface area contributed by atoms with Gasteiger partial charge in [-0.05, 0) is 43.2 Å². The molecule has 3 rings (SSSR count). The van der Waals surface area contributed by atoms with Gasteiger partial charge in [-0.1, -0.05) is 35.9 Å². The summed E-state index contributed by atoms with van der Waals surface area (Å²) in [4.78, 5) is 48.9. The third-order valence-corrected chi connectivity index (χ3v) is 5.29. The second kappa shape index (κ2) is 9.61. The van der Waals surface area contributed by atoms with Gasteiger partial charge >= 0.3 is 5.97 Å². The number of amides is 3. The zero-order valence-electron chi connectivity index (χ0n) is 17.1. The van der Waals surface area contributed by atoms with Crippen LogP contribution in [0.5, 0.6) is 0 Å². The lowest BCUT2D eigenvalue weighted by Gasteiger charge is -2.18. The Morgan fingerprint density at radius 2 is 1.87 bits per heavy atom. The first-order valence-corrected chi connectivity index (χ1v) is 10.0. The van der Waals surface area contributed by atoms with E-state index in [9.17, 15) is 19.2 Å². The SMILES string of the molecule is Cc1ccc(NC(=O)COC(=O)[C@@H]2CC(=O)N(NC(=O)c3ccccc3C)C2)cc1Cl. The molecule has 9 heteroatoms. The molecule has 1 aliphatic heterocycles. The minimum Gasteiger partial charge on any atom is -0.455 e. The first-order valence-electron chi connectivity index (χ1n) is 9.64. The molecule has 2 N–H and O–H groups in total. The smallest absolute Gasteiger partial charge is 0.311 e.